The van der Waals surface area contributed by atoms with Crippen LogP contribution in [-0.2, 0) is 21.3 Å². The number of anilines is 1. The van der Waals surface area contributed by atoms with Gasteiger partial charge < -0.3 is 19.5 Å². The molecule has 4 rings (SSSR count). The third-order valence-electron chi connectivity index (χ3n) is 8.12. The number of aromatic nitrogens is 1. The predicted octanol–water partition coefficient (Wildman–Crippen LogP) is 5.46. The lowest BCUT2D eigenvalue weighted by atomic mass is 10.0. The maximum atomic E-state index is 14.3. The maximum Gasteiger partial charge on any atom is 0.261 e. The van der Waals surface area contributed by atoms with Crippen molar-refractivity contribution in [3.05, 3.63) is 83.1 Å². The van der Waals surface area contributed by atoms with Gasteiger partial charge in [0, 0.05) is 55.3 Å². The first-order chi connectivity index (χ1) is 22.0. The molecule has 4 atom stereocenters. The van der Waals surface area contributed by atoms with Crippen LogP contribution in [-0.4, -0.2) is 85.8 Å². The van der Waals surface area contributed by atoms with E-state index in [-0.39, 0.29) is 46.8 Å². The Hall–Kier alpha value is -3.22. The number of carbonyl (C=O) groups excluding carboxylic acids is 1. The number of aliphatic hydroxyl groups excluding tert-OH is 1. The number of hydrogen-bond donors (Lipinski definition) is 2. The molecule has 12 heteroatoms. The second kappa shape index (κ2) is 16.6. The Labute approximate surface area is 277 Å². The van der Waals surface area contributed by atoms with Crippen molar-refractivity contribution >= 4 is 33.2 Å². The maximum absolute atomic E-state index is 14.3. The molecule has 46 heavy (non-hydrogen) atoms. The van der Waals surface area contributed by atoms with Crippen LogP contribution in [0, 0.1) is 5.92 Å². The summed E-state index contributed by atoms with van der Waals surface area (Å²) in [5.74, 6) is -0.101. The standard InChI is InChI=1S/C34H45ClN4O6S/c1-24-20-39(25(2)23-40)34(41)31-19-29(37-46(42,43)30-11-8-28(35)9-12-30)10-13-32(31)45-26(3)7-5-6-18-44-33(24)22-38(4)21-27-14-16-36-17-15-27/h8-17,19,24-26,33,37,40H,5-7,18,20-23H2,1-4H3/t24-,25-,26-,33-/m0/s1. The Morgan fingerprint density at radius 3 is 2.52 bits per heavy atom. The third-order valence-corrected chi connectivity index (χ3v) is 9.77. The van der Waals surface area contributed by atoms with E-state index in [1.807, 2.05) is 26.1 Å². The number of rotatable bonds is 9. The molecule has 0 saturated carbocycles. The number of nitrogens with one attached hydrogen (secondary N) is 1. The summed E-state index contributed by atoms with van der Waals surface area (Å²) < 4.78 is 41.6. The lowest BCUT2D eigenvalue weighted by molar-refractivity contribution is -0.0177. The van der Waals surface area contributed by atoms with Crippen molar-refractivity contribution in [1.82, 2.24) is 14.8 Å². The Morgan fingerprint density at radius 2 is 1.83 bits per heavy atom. The number of aliphatic hydroxyl groups is 1. The van der Waals surface area contributed by atoms with Gasteiger partial charge >= 0.3 is 0 Å². The number of sulfonamides is 1. The summed E-state index contributed by atoms with van der Waals surface area (Å²) in [6, 6.07) is 14.0. The zero-order chi connectivity index (χ0) is 33.3. The van der Waals surface area contributed by atoms with Crippen molar-refractivity contribution in [3.8, 4) is 5.75 Å². The fraction of sp³-hybridized carbons (Fsp3) is 0.471. The van der Waals surface area contributed by atoms with E-state index in [0.29, 0.717) is 30.5 Å². The molecule has 1 aromatic heterocycles. The van der Waals surface area contributed by atoms with E-state index < -0.39 is 16.1 Å². The minimum absolute atomic E-state index is 0.0393. The molecule has 1 aliphatic rings. The molecule has 2 heterocycles. The van der Waals surface area contributed by atoms with E-state index >= 15 is 0 Å². The number of nitrogens with zero attached hydrogens (tertiary/aromatic N) is 3. The smallest absolute Gasteiger partial charge is 0.261 e. The number of likely N-dealkylation sites (N-methyl/N-ethyl adjacent to an activating group) is 1. The highest BCUT2D eigenvalue weighted by molar-refractivity contribution is 7.92. The summed E-state index contributed by atoms with van der Waals surface area (Å²) >= 11 is 5.95. The average Bonchev–Trinajstić information content (AvgIpc) is 3.03. The SMILES string of the molecule is C[C@H]1CCCCO[C@@H](CN(C)Cc2ccncc2)[C@@H](C)CN([C@@H](C)CO)C(=O)c2cc(NS(=O)(=O)c3ccc(Cl)cc3)ccc2O1. The summed E-state index contributed by atoms with van der Waals surface area (Å²) in [4.78, 5) is 22.3. The Kier molecular flexibility index (Phi) is 12.8. The zero-order valence-corrected chi connectivity index (χ0v) is 28.5. The second-order valence-electron chi connectivity index (χ2n) is 12.1. The van der Waals surface area contributed by atoms with Crippen LogP contribution in [0.5, 0.6) is 5.75 Å². The van der Waals surface area contributed by atoms with E-state index in [1.54, 1.807) is 36.4 Å². The number of fused-ring (bicyclic) bond motifs is 1. The van der Waals surface area contributed by atoms with Crippen LogP contribution in [0.25, 0.3) is 0 Å². The summed E-state index contributed by atoms with van der Waals surface area (Å²) in [7, 11) is -1.91. The van der Waals surface area contributed by atoms with Crippen molar-refractivity contribution in [1.29, 1.82) is 0 Å². The van der Waals surface area contributed by atoms with E-state index in [2.05, 4.69) is 21.5 Å². The number of carbonyl (C=O) groups is 1. The normalized spacial score (nSPS) is 20.8. The van der Waals surface area contributed by atoms with Gasteiger partial charge in [-0.3, -0.25) is 19.4 Å². The molecule has 0 saturated heterocycles. The number of pyridine rings is 1. The van der Waals surface area contributed by atoms with Gasteiger partial charge in [0.15, 0.2) is 0 Å². The third kappa shape index (κ3) is 9.89. The van der Waals surface area contributed by atoms with E-state index in [9.17, 15) is 18.3 Å². The molecule has 1 amide bonds. The number of ether oxygens (including phenoxy) is 2. The average molecular weight is 673 g/mol. The van der Waals surface area contributed by atoms with E-state index in [4.69, 9.17) is 21.1 Å². The minimum Gasteiger partial charge on any atom is -0.490 e. The van der Waals surface area contributed by atoms with Crippen molar-refractivity contribution < 1.29 is 27.8 Å². The van der Waals surface area contributed by atoms with Gasteiger partial charge in [0.1, 0.15) is 5.75 Å². The molecule has 2 N–H and O–H groups in total. The fourth-order valence-corrected chi connectivity index (χ4v) is 6.62. The van der Waals surface area contributed by atoms with Crippen molar-refractivity contribution in [2.75, 3.05) is 38.1 Å². The van der Waals surface area contributed by atoms with E-state index in [0.717, 1.165) is 31.4 Å². The molecular weight excluding hydrogens is 628 g/mol. The van der Waals surface area contributed by atoms with Gasteiger partial charge in [0.05, 0.1) is 35.3 Å². The Bertz CT molecular complexity index is 1530. The molecule has 0 fully saturated rings. The van der Waals surface area contributed by atoms with Crippen molar-refractivity contribution in [3.63, 3.8) is 0 Å². The number of amides is 1. The van der Waals surface area contributed by atoms with Gasteiger partial charge in [0.2, 0.25) is 0 Å². The first kappa shape index (κ1) is 35.6. The first-order valence-corrected chi connectivity index (χ1v) is 17.5. The lowest BCUT2D eigenvalue weighted by Crippen LogP contribution is -2.47. The number of benzene rings is 2. The number of halogens is 1. The van der Waals surface area contributed by atoms with Crippen LogP contribution in [0.2, 0.25) is 5.02 Å². The van der Waals surface area contributed by atoms with E-state index in [1.165, 1.54) is 30.3 Å². The second-order valence-corrected chi connectivity index (χ2v) is 14.2. The predicted molar refractivity (Wildman–Crippen MR) is 180 cm³/mol. The molecule has 3 aromatic rings. The van der Waals surface area contributed by atoms with Gasteiger partial charge in [0.25, 0.3) is 15.9 Å². The quantitative estimate of drug-likeness (QED) is 0.307. The summed E-state index contributed by atoms with van der Waals surface area (Å²) in [5.41, 5.74) is 1.56. The highest BCUT2D eigenvalue weighted by atomic mass is 35.5. The highest BCUT2D eigenvalue weighted by Gasteiger charge is 2.30. The van der Waals surface area contributed by atoms with Crippen LogP contribution in [0.4, 0.5) is 5.69 Å². The van der Waals surface area contributed by atoms with Crippen molar-refractivity contribution in [2.24, 2.45) is 5.92 Å². The first-order valence-electron chi connectivity index (χ1n) is 15.7. The molecule has 0 radical (unpaired) electrons. The Morgan fingerprint density at radius 1 is 1.11 bits per heavy atom. The molecule has 0 unspecified atom stereocenters. The van der Waals surface area contributed by atoms with Crippen LogP contribution in [0.3, 0.4) is 0 Å². The molecule has 0 bridgehead atoms. The summed E-state index contributed by atoms with van der Waals surface area (Å²) in [6.07, 6.45) is 5.67. The monoisotopic (exact) mass is 672 g/mol. The molecule has 250 valence electrons. The van der Waals surface area contributed by atoms with Gasteiger partial charge in [-0.15, -0.1) is 0 Å². The van der Waals surface area contributed by atoms with Gasteiger partial charge in [-0.2, -0.15) is 0 Å². The molecular formula is C34H45ClN4O6S. The van der Waals surface area contributed by atoms with Crippen LogP contribution in [0.1, 0.15) is 56.0 Å². The Balaban J connectivity index is 1.64. The van der Waals surface area contributed by atoms with Crippen molar-refractivity contribution in [2.45, 2.75) is 69.7 Å². The summed E-state index contributed by atoms with van der Waals surface area (Å²) in [6.45, 7) is 7.80. The topological polar surface area (TPSA) is 121 Å². The molecule has 1 aliphatic heterocycles. The molecule has 2 aromatic carbocycles. The van der Waals surface area contributed by atoms with Gasteiger partial charge in [-0.05, 0) is 100 Å². The van der Waals surface area contributed by atoms with Crippen LogP contribution >= 0.6 is 11.6 Å². The zero-order valence-electron chi connectivity index (χ0n) is 26.9. The van der Waals surface area contributed by atoms with Gasteiger partial charge in [-0.25, -0.2) is 8.42 Å². The summed E-state index contributed by atoms with van der Waals surface area (Å²) in [5, 5.41) is 10.6. The lowest BCUT2D eigenvalue weighted by Gasteiger charge is -2.36. The fourth-order valence-electron chi connectivity index (χ4n) is 5.45. The van der Waals surface area contributed by atoms with Gasteiger partial charge in [-0.1, -0.05) is 18.5 Å². The largest absolute Gasteiger partial charge is 0.490 e. The minimum atomic E-state index is -3.96. The molecule has 10 nitrogen and oxygen atoms in total. The van der Waals surface area contributed by atoms with Crippen LogP contribution in [0.15, 0.2) is 71.9 Å². The highest BCUT2D eigenvalue weighted by Crippen LogP contribution is 2.30. The van der Waals surface area contributed by atoms with Crippen LogP contribution < -0.4 is 9.46 Å². The molecule has 0 spiro atoms. The molecule has 0 aliphatic carbocycles. The number of hydrogen-bond acceptors (Lipinski definition) is 8.